The Morgan fingerprint density at radius 3 is 2.12 bits per heavy atom. The lowest BCUT2D eigenvalue weighted by Crippen LogP contribution is -2.41. The molecule has 0 aliphatic heterocycles. The molecule has 0 saturated heterocycles. The molecule has 1 heterocycles. The molecular formula is C24H29N5O3. The van der Waals surface area contributed by atoms with Crippen molar-refractivity contribution in [2.75, 3.05) is 13.7 Å². The summed E-state index contributed by atoms with van der Waals surface area (Å²) < 4.78 is 8.10. The summed E-state index contributed by atoms with van der Waals surface area (Å²) in [5.74, 6) is 0.742. The van der Waals surface area contributed by atoms with E-state index in [0.717, 1.165) is 16.7 Å². The molecule has 1 aromatic heterocycles. The van der Waals surface area contributed by atoms with Crippen LogP contribution in [0.2, 0.25) is 0 Å². The summed E-state index contributed by atoms with van der Waals surface area (Å²) >= 11 is 0. The molecule has 3 rings (SSSR count). The van der Waals surface area contributed by atoms with Gasteiger partial charge < -0.3 is 16.2 Å². The van der Waals surface area contributed by atoms with Crippen molar-refractivity contribution in [3.63, 3.8) is 0 Å². The number of rotatable bonds is 9. The first-order valence-electron chi connectivity index (χ1n) is 10.4. The minimum Gasteiger partial charge on any atom is -0.497 e. The molecule has 0 aliphatic rings. The first kappa shape index (κ1) is 22.9. The van der Waals surface area contributed by atoms with E-state index >= 15 is 0 Å². The quantitative estimate of drug-likeness (QED) is 0.301. The number of aryl methyl sites for hydroxylation is 2. The standard InChI is InChI=1S/C24H29N5O3/c1-17-5-7-18(8-6-17)15-28-20(4-3-13-27-23(25)26)14-22(30)29(24(28)31)16-19-9-11-21(32-2)12-10-19/h5-12,14H,3-4,13,15-16H2,1-2H3,(H4,25,26,27). The maximum absolute atomic E-state index is 13.4. The molecule has 2 aromatic carbocycles. The highest BCUT2D eigenvalue weighted by Crippen LogP contribution is 2.12. The topological polar surface area (TPSA) is 118 Å². The van der Waals surface area contributed by atoms with Gasteiger partial charge in [-0.05, 0) is 43.0 Å². The summed E-state index contributed by atoms with van der Waals surface area (Å²) in [5, 5.41) is 0. The van der Waals surface area contributed by atoms with Crippen molar-refractivity contribution in [3.8, 4) is 5.75 Å². The number of aliphatic imine (C=N–C) groups is 1. The Labute approximate surface area is 186 Å². The molecule has 168 valence electrons. The Morgan fingerprint density at radius 1 is 0.938 bits per heavy atom. The van der Waals surface area contributed by atoms with Crippen LogP contribution < -0.4 is 27.5 Å². The molecule has 0 amide bonds. The van der Waals surface area contributed by atoms with Gasteiger partial charge in [-0.25, -0.2) is 4.79 Å². The van der Waals surface area contributed by atoms with Crippen molar-refractivity contribution in [1.82, 2.24) is 9.13 Å². The first-order valence-corrected chi connectivity index (χ1v) is 10.4. The Bertz CT molecular complexity index is 1190. The van der Waals surface area contributed by atoms with Gasteiger partial charge >= 0.3 is 5.69 Å². The van der Waals surface area contributed by atoms with Gasteiger partial charge in [-0.2, -0.15) is 0 Å². The number of ether oxygens (including phenoxy) is 1. The molecule has 3 aromatic rings. The average Bonchev–Trinajstić information content (AvgIpc) is 2.78. The molecular weight excluding hydrogens is 406 g/mol. The fourth-order valence-corrected chi connectivity index (χ4v) is 3.44. The molecule has 4 N–H and O–H groups in total. The number of guanidine groups is 1. The normalized spacial score (nSPS) is 10.7. The van der Waals surface area contributed by atoms with E-state index in [1.807, 2.05) is 55.5 Å². The lowest BCUT2D eigenvalue weighted by Gasteiger charge is -2.16. The zero-order valence-corrected chi connectivity index (χ0v) is 18.5. The Kier molecular flexibility index (Phi) is 7.49. The molecule has 32 heavy (non-hydrogen) atoms. The van der Waals surface area contributed by atoms with Crippen LogP contribution >= 0.6 is 0 Å². The fraction of sp³-hybridized carbons (Fsp3) is 0.292. The molecule has 0 spiro atoms. The van der Waals surface area contributed by atoms with Gasteiger partial charge in [-0.1, -0.05) is 42.0 Å². The lowest BCUT2D eigenvalue weighted by atomic mass is 10.1. The number of benzene rings is 2. The van der Waals surface area contributed by atoms with E-state index in [1.165, 1.54) is 10.6 Å². The van der Waals surface area contributed by atoms with E-state index in [4.69, 9.17) is 16.2 Å². The van der Waals surface area contributed by atoms with Crippen molar-refractivity contribution in [3.05, 3.63) is 97.8 Å². The smallest absolute Gasteiger partial charge is 0.331 e. The van der Waals surface area contributed by atoms with E-state index in [2.05, 4.69) is 4.99 Å². The number of hydrogen-bond acceptors (Lipinski definition) is 4. The van der Waals surface area contributed by atoms with Gasteiger partial charge in [0.1, 0.15) is 5.75 Å². The van der Waals surface area contributed by atoms with Crippen LogP contribution in [-0.4, -0.2) is 28.7 Å². The molecule has 8 heteroatoms. The largest absolute Gasteiger partial charge is 0.497 e. The highest BCUT2D eigenvalue weighted by atomic mass is 16.5. The molecule has 0 unspecified atom stereocenters. The van der Waals surface area contributed by atoms with Gasteiger partial charge in [0.15, 0.2) is 5.96 Å². The summed E-state index contributed by atoms with van der Waals surface area (Å²) in [4.78, 5) is 30.2. The van der Waals surface area contributed by atoms with E-state index in [0.29, 0.717) is 37.4 Å². The minimum absolute atomic E-state index is 0.0250. The van der Waals surface area contributed by atoms with Crippen LogP contribution in [0.5, 0.6) is 5.75 Å². The maximum Gasteiger partial charge on any atom is 0.331 e. The predicted octanol–water partition coefficient (Wildman–Crippen LogP) is 1.63. The number of hydrogen-bond donors (Lipinski definition) is 2. The van der Waals surface area contributed by atoms with Crippen molar-refractivity contribution in [1.29, 1.82) is 0 Å². The van der Waals surface area contributed by atoms with E-state index in [9.17, 15) is 9.59 Å². The summed E-state index contributed by atoms with van der Waals surface area (Å²) in [5.41, 5.74) is 13.7. The molecule has 0 aliphatic carbocycles. The van der Waals surface area contributed by atoms with Crippen LogP contribution in [0, 0.1) is 6.92 Å². The van der Waals surface area contributed by atoms with Crippen molar-refractivity contribution >= 4 is 5.96 Å². The second-order valence-electron chi connectivity index (χ2n) is 7.67. The molecule has 0 bridgehead atoms. The van der Waals surface area contributed by atoms with Gasteiger partial charge in [0.25, 0.3) is 5.56 Å². The second kappa shape index (κ2) is 10.5. The lowest BCUT2D eigenvalue weighted by molar-refractivity contribution is 0.414. The van der Waals surface area contributed by atoms with Gasteiger partial charge in [-0.15, -0.1) is 0 Å². The molecule has 0 atom stereocenters. The van der Waals surface area contributed by atoms with Crippen LogP contribution in [0.4, 0.5) is 0 Å². The highest BCUT2D eigenvalue weighted by molar-refractivity contribution is 5.75. The third kappa shape index (κ3) is 5.87. The van der Waals surface area contributed by atoms with Gasteiger partial charge in [0.05, 0.1) is 20.2 Å². The van der Waals surface area contributed by atoms with Crippen LogP contribution in [0.25, 0.3) is 0 Å². The first-order chi connectivity index (χ1) is 15.4. The van der Waals surface area contributed by atoms with Gasteiger partial charge in [-0.3, -0.25) is 18.9 Å². The number of nitrogens with two attached hydrogens (primary N) is 2. The van der Waals surface area contributed by atoms with Gasteiger partial charge in [0.2, 0.25) is 0 Å². The monoisotopic (exact) mass is 435 g/mol. The molecule has 0 radical (unpaired) electrons. The van der Waals surface area contributed by atoms with Crippen LogP contribution in [0.3, 0.4) is 0 Å². The second-order valence-corrected chi connectivity index (χ2v) is 7.67. The molecule has 8 nitrogen and oxygen atoms in total. The van der Waals surface area contributed by atoms with Gasteiger partial charge in [0, 0.05) is 18.3 Å². The minimum atomic E-state index is -0.342. The number of nitrogens with zero attached hydrogens (tertiary/aromatic N) is 3. The Balaban J connectivity index is 1.96. The SMILES string of the molecule is COc1ccc(Cn2c(=O)cc(CCCN=C(N)N)n(Cc3ccc(C)cc3)c2=O)cc1. The third-order valence-electron chi connectivity index (χ3n) is 5.21. The van der Waals surface area contributed by atoms with E-state index in [-0.39, 0.29) is 23.8 Å². The Morgan fingerprint density at radius 2 is 1.53 bits per heavy atom. The average molecular weight is 436 g/mol. The number of methoxy groups -OCH3 is 1. The van der Waals surface area contributed by atoms with Crippen LogP contribution in [0.15, 0.2) is 69.2 Å². The van der Waals surface area contributed by atoms with Crippen LogP contribution in [-0.2, 0) is 19.5 Å². The molecule has 0 fully saturated rings. The summed E-state index contributed by atoms with van der Waals surface area (Å²) in [6.07, 6.45) is 1.13. The van der Waals surface area contributed by atoms with Crippen molar-refractivity contribution in [2.45, 2.75) is 32.9 Å². The number of aromatic nitrogens is 2. The van der Waals surface area contributed by atoms with E-state index < -0.39 is 0 Å². The van der Waals surface area contributed by atoms with Crippen molar-refractivity contribution < 1.29 is 4.74 Å². The fourth-order valence-electron chi connectivity index (χ4n) is 3.44. The zero-order valence-electron chi connectivity index (χ0n) is 18.5. The highest BCUT2D eigenvalue weighted by Gasteiger charge is 2.13. The zero-order chi connectivity index (χ0) is 23.1. The summed E-state index contributed by atoms with van der Waals surface area (Å²) in [6, 6.07) is 16.8. The Hall–Kier alpha value is -3.81. The third-order valence-corrected chi connectivity index (χ3v) is 5.21. The molecule has 0 saturated carbocycles. The van der Waals surface area contributed by atoms with Crippen LogP contribution in [0.1, 0.15) is 28.8 Å². The predicted molar refractivity (Wildman–Crippen MR) is 126 cm³/mol. The van der Waals surface area contributed by atoms with E-state index in [1.54, 1.807) is 11.7 Å². The van der Waals surface area contributed by atoms with Crippen molar-refractivity contribution in [2.24, 2.45) is 16.5 Å². The summed E-state index contributed by atoms with van der Waals surface area (Å²) in [7, 11) is 1.59. The summed E-state index contributed by atoms with van der Waals surface area (Å²) in [6.45, 7) is 3.00. The maximum atomic E-state index is 13.4.